The van der Waals surface area contributed by atoms with Gasteiger partial charge in [-0.05, 0) is 19.1 Å². The third kappa shape index (κ3) is 5.70. The molecule has 0 aliphatic carbocycles. The van der Waals surface area contributed by atoms with Crippen LogP contribution in [0.2, 0.25) is 0 Å². The highest BCUT2D eigenvalue weighted by atomic mass is 19.1. The number of rotatable bonds is 8. The summed E-state index contributed by atoms with van der Waals surface area (Å²) in [7, 11) is 0. The van der Waals surface area contributed by atoms with Gasteiger partial charge in [0.2, 0.25) is 5.82 Å². The summed E-state index contributed by atoms with van der Waals surface area (Å²) in [6, 6.07) is 11.3. The predicted octanol–water partition coefficient (Wildman–Crippen LogP) is 3.27. The topological polar surface area (TPSA) is 116 Å². The normalized spacial score (nSPS) is 11.4. The molecule has 1 N–H and O–H groups in total. The van der Waals surface area contributed by atoms with E-state index in [1.165, 1.54) is 6.92 Å². The zero-order valence-electron chi connectivity index (χ0n) is 14.9. The number of ether oxygens (including phenoxy) is 1. The summed E-state index contributed by atoms with van der Waals surface area (Å²) in [4.78, 5) is 45.7. The van der Waals surface area contributed by atoms with Crippen molar-refractivity contribution in [1.29, 1.82) is 0 Å². The van der Waals surface area contributed by atoms with Crippen LogP contribution < -0.4 is 5.32 Å². The number of amides is 1. The van der Waals surface area contributed by atoms with Gasteiger partial charge >= 0.3 is 11.7 Å². The van der Waals surface area contributed by atoms with E-state index < -0.39 is 34.4 Å². The lowest BCUT2D eigenvalue weighted by Crippen LogP contribution is -2.30. The minimum absolute atomic E-state index is 0.0137. The van der Waals surface area contributed by atoms with Crippen LogP contribution in [0.25, 0.3) is 0 Å². The summed E-state index contributed by atoms with van der Waals surface area (Å²) in [5.41, 5.74) is -0.332. The average molecular weight is 388 g/mol. The van der Waals surface area contributed by atoms with Crippen LogP contribution in [0.5, 0.6) is 0 Å². The van der Waals surface area contributed by atoms with Crippen molar-refractivity contribution in [2.75, 3.05) is 5.32 Å². The third-order valence-corrected chi connectivity index (χ3v) is 3.74. The van der Waals surface area contributed by atoms with E-state index in [0.29, 0.717) is 5.56 Å². The Bertz CT molecular complexity index is 901. The number of nitro groups is 1. The first-order chi connectivity index (χ1) is 13.3. The Hall–Kier alpha value is -3.62. The van der Waals surface area contributed by atoms with Crippen LogP contribution >= 0.6 is 0 Å². The van der Waals surface area contributed by atoms with E-state index in [1.54, 1.807) is 30.3 Å². The molecule has 1 amide bonds. The SMILES string of the molecule is CC(OC(=O)CCC(=O)c1ccccc1)C(=O)Nc1ccc(F)c([N+](=O)[O-])c1. The Balaban J connectivity index is 1.86. The number of ketones is 1. The van der Waals surface area contributed by atoms with Crippen LogP contribution in [-0.2, 0) is 14.3 Å². The molecule has 0 heterocycles. The van der Waals surface area contributed by atoms with Gasteiger partial charge in [0.15, 0.2) is 11.9 Å². The van der Waals surface area contributed by atoms with E-state index in [2.05, 4.69) is 5.32 Å². The van der Waals surface area contributed by atoms with E-state index in [4.69, 9.17) is 4.74 Å². The van der Waals surface area contributed by atoms with Crippen LogP contribution in [-0.4, -0.2) is 28.7 Å². The van der Waals surface area contributed by atoms with Crippen LogP contribution in [0.15, 0.2) is 48.5 Å². The van der Waals surface area contributed by atoms with E-state index in [1.807, 2.05) is 0 Å². The monoisotopic (exact) mass is 388 g/mol. The second-order valence-corrected chi connectivity index (χ2v) is 5.83. The number of benzene rings is 2. The molecule has 1 unspecified atom stereocenters. The number of hydrogen-bond acceptors (Lipinski definition) is 6. The maximum atomic E-state index is 13.3. The lowest BCUT2D eigenvalue weighted by Gasteiger charge is -2.13. The van der Waals surface area contributed by atoms with Gasteiger partial charge in [0.25, 0.3) is 5.91 Å². The second kappa shape index (κ2) is 9.36. The first-order valence-corrected chi connectivity index (χ1v) is 8.30. The van der Waals surface area contributed by atoms with Crippen molar-refractivity contribution in [3.63, 3.8) is 0 Å². The van der Waals surface area contributed by atoms with Gasteiger partial charge in [-0.15, -0.1) is 0 Å². The smallest absolute Gasteiger partial charge is 0.307 e. The molecule has 2 aromatic rings. The lowest BCUT2D eigenvalue weighted by molar-refractivity contribution is -0.387. The van der Waals surface area contributed by atoms with E-state index in [9.17, 15) is 28.9 Å². The molecular weight excluding hydrogens is 371 g/mol. The highest BCUT2D eigenvalue weighted by Crippen LogP contribution is 2.21. The lowest BCUT2D eigenvalue weighted by atomic mass is 10.1. The average Bonchev–Trinajstić information content (AvgIpc) is 2.67. The number of hydrogen-bond donors (Lipinski definition) is 1. The summed E-state index contributed by atoms with van der Waals surface area (Å²) in [5, 5.41) is 13.0. The van der Waals surface area contributed by atoms with Crippen LogP contribution in [0, 0.1) is 15.9 Å². The summed E-state index contributed by atoms with van der Waals surface area (Å²) in [6.45, 7) is 1.31. The number of anilines is 1. The summed E-state index contributed by atoms with van der Waals surface area (Å²) >= 11 is 0. The fraction of sp³-hybridized carbons (Fsp3) is 0.211. The molecule has 9 heteroatoms. The minimum atomic E-state index is -1.21. The summed E-state index contributed by atoms with van der Waals surface area (Å²) in [6.07, 6.45) is -1.47. The van der Waals surface area contributed by atoms with Crippen LogP contribution in [0.3, 0.4) is 0 Å². The van der Waals surface area contributed by atoms with Crippen molar-refractivity contribution < 1.29 is 28.4 Å². The molecule has 1 atom stereocenters. The van der Waals surface area contributed by atoms with Gasteiger partial charge in [0, 0.05) is 23.7 Å². The van der Waals surface area contributed by atoms with Gasteiger partial charge in [-0.3, -0.25) is 24.5 Å². The summed E-state index contributed by atoms with van der Waals surface area (Å²) in [5.74, 6) is -2.75. The Kier molecular flexibility index (Phi) is 6.91. The maximum absolute atomic E-state index is 13.3. The minimum Gasteiger partial charge on any atom is -0.453 e. The van der Waals surface area contributed by atoms with Crippen molar-refractivity contribution in [1.82, 2.24) is 0 Å². The molecule has 8 nitrogen and oxygen atoms in total. The molecule has 0 bridgehead atoms. The van der Waals surface area contributed by atoms with Gasteiger partial charge < -0.3 is 10.1 Å². The number of carbonyl (C=O) groups excluding carboxylic acids is 3. The number of nitro benzene ring substituents is 1. The molecule has 0 spiro atoms. The highest BCUT2D eigenvalue weighted by molar-refractivity contribution is 5.98. The van der Waals surface area contributed by atoms with Crippen molar-refractivity contribution in [2.24, 2.45) is 0 Å². The number of esters is 1. The molecule has 0 aromatic heterocycles. The first kappa shape index (κ1) is 20.7. The zero-order chi connectivity index (χ0) is 20.7. The van der Waals surface area contributed by atoms with Gasteiger partial charge in [0.1, 0.15) is 0 Å². The highest BCUT2D eigenvalue weighted by Gasteiger charge is 2.21. The second-order valence-electron chi connectivity index (χ2n) is 5.83. The van der Waals surface area contributed by atoms with E-state index >= 15 is 0 Å². The Morgan fingerprint density at radius 2 is 1.82 bits per heavy atom. The third-order valence-electron chi connectivity index (χ3n) is 3.74. The Labute approximate surface area is 159 Å². The molecule has 0 saturated heterocycles. The van der Waals surface area contributed by atoms with Crippen LogP contribution in [0.4, 0.5) is 15.8 Å². The molecule has 0 aliphatic rings. The zero-order valence-corrected chi connectivity index (χ0v) is 14.9. The Morgan fingerprint density at radius 3 is 2.46 bits per heavy atom. The standard InChI is InChI=1S/C19H17FN2O6/c1-12(19(25)21-14-7-8-15(20)16(11-14)22(26)27)28-18(24)10-9-17(23)13-5-3-2-4-6-13/h2-8,11-12H,9-10H2,1H3,(H,21,25). The van der Waals surface area contributed by atoms with Crippen molar-refractivity contribution >= 4 is 29.0 Å². The Morgan fingerprint density at radius 1 is 1.14 bits per heavy atom. The number of halogens is 1. The molecule has 28 heavy (non-hydrogen) atoms. The first-order valence-electron chi connectivity index (χ1n) is 8.30. The fourth-order valence-corrected chi connectivity index (χ4v) is 2.27. The number of nitrogens with one attached hydrogen (secondary N) is 1. The number of Topliss-reactive ketones (excluding diaryl/α,β-unsaturated/α-hetero) is 1. The number of carbonyl (C=O) groups is 3. The van der Waals surface area contributed by atoms with Crippen molar-refractivity contribution in [2.45, 2.75) is 25.9 Å². The van der Waals surface area contributed by atoms with E-state index in [0.717, 1.165) is 18.2 Å². The maximum Gasteiger partial charge on any atom is 0.307 e. The quantitative estimate of drug-likeness (QED) is 0.321. The molecule has 0 fully saturated rings. The molecule has 0 radical (unpaired) electrons. The molecular formula is C19H17FN2O6. The van der Waals surface area contributed by atoms with Crippen molar-refractivity contribution in [3.05, 3.63) is 70.0 Å². The van der Waals surface area contributed by atoms with Gasteiger partial charge in [-0.1, -0.05) is 30.3 Å². The largest absolute Gasteiger partial charge is 0.453 e. The molecule has 146 valence electrons. The fourth-order valence-electron chi connectivity index (χ4n) is 2.27. The molecule has 0 saturated carbocycles. The summed E-state index contributed by atoms with van der Waals surface area (Å²) < 4.78 is 18.3. The molecule has 0 aliphatic heterocycles. The van der Waals surface area contributed by atoms with Crippen LogP contribution in [0.1, 0.15) is 30.1 Å². The molecule has 2 aromatic carbocycles. The van der Waals surface area contributed by atoms with Gasteiger partial charge in [-0.2, -0.15) is 4.39 Å². The van der Waals surface area contributed by atoms with Gasteiger partial charge in [0.05, 0.1) is 11.3 Å². The van der Waals surface area contributed by atoms with Gasteiger partial charge in [-0.25, -0.2) is 0 Å². The molecule has 2 rings (SSSR count). The predicted molar refractivity (Wildman–Crippen MR) is 97.2 cm³/mol. The van der Waals surface area contributed by atoms with E-state index in [-0.39, 0.29) is 24.3 Å². The number of nitrogens with zero attached hydrogens (tertiary/aromatic N) is 1. The van der Waals surface area contributed by atoms with Crippen molar-refractivity contribution in [3.8, 4) is 0 Å².